The molecule has 1 spiro atoms. The number of hydrogen-bond acceptors (Lipinski definition) is 6. The van der Waals surface area contributed by atoms with E-state index in [4.69, 9.17) is 9.47 Å². The molecule has 3 heterocycles. The largest absolute Gasteiger partial charge is 0.466 e. The maximum Gasteiger partial charge on any atom is 0.312 e. The second kappa shape index (κ2) is 8.05. The van der Waals surface area contributed by atoms with E-state index in [9.17, 15) is 19.5 Å². The van der Waals surface area contributed by atoms with E-state index in [-0.39, 0.29) is 36.4 Å². The van der Waals surface area contributed by atoms with Gasteiger partial charge in [-0.15, -0.1) is 0 Å². The minimum atomic E-state index is -1.07. The number of unbranched alkanes of at least 4 members (excludes halogenated alkanes) is 1. The van der Waals surface area contributed by atoms with Crippen LogP contribution in [0.1, 0.15) is 33.1 Å². The minimum Gasteiger partial charge on any atom is -0.466 e. The van der Waals surface area contributed by atoms with E-state index in [1.54, 1.807) is 6.92 Å². The summed E-state index contributed by atoms with van der Waals surface area (Å²) in [6.07, 6.45) is 1.72. The molecule has 0 radical (unpaired) electrons. The van der Waals surface area contributed by atoms with E-state index in [0.717, 1.165) is 12.8 Å². The van der Waals surface area contributed by atoms with Crippen molar-refractivity contribution >= 4 is 33.7 Å². The fourth-order valence-electron chi connectivity index (χ4n) is 4.77. The molecule has 3 rings (SSSR count). The molecule has 27 heavy (non-hydrogen) atoms. The summed E-state index contributed by atoms with van der Waals surface area (Å²) in [4.78, 5) is 40.0. The lowest BCUT2D eigenvalue weighted by molar-refractivity contribution is -0.154. The van der Waals surface area contributed by atoms with Crippen molar-refractivity contribution in [3.8, 4) is 0 Å². The lowest BCUT2D eigenvalue weighted by Gasteiger charge is -2.33. The fraction of sp³-hybridized carbons (Fsp3) is 0.833. The number of hydrogen-bond donors (Lipinski definition) is 2. The van der Waals surface area contributed by atoms with Crippen LogP contribution < -0.4 is 5.32 Å². The molecule has 2 bridgehead atoms. The van der Waals surface area contributed by atoms with Crippen molar-refractivity contribution in [1.29, 1.82) is 0 Å². The Bertz CT molecular complexity index is 617. The molecule has 0 saturated carbocycles. The van der Waals surface area contributed by atoms with Gasteiger partial charge in [-0.05, 0) is 19.8 Å². The van der Waals surface area contributed by atoms with E-state index in [1.807, 2.05) is 6.92 Å². The molecule has 3 aliphatic rings. The standard InChI is InChI=1S/C18H27BrN2O6/c1-3-5-6-20-15(23)14-18-9-10(19)13(27-18)11(17(25)26-4-2)12(18)16(24)21(14)7-8-22/h10-14,22H,3-9H2,1-2H3,(H,20,23)/t10?,11-,12+,13-,14-,18+/m0/s1. The molecule has 1 unspecified atom stereocenters. The zero-order valence-corrected chi connectivity index (χ0v) is 17.2. The van der Waals surface area contributed by atoms with E-state index in [1.165, 1.54) is 4.90 Å². The number of halogens is 1. The van der Waals surface area contributed by atoms with Gasteiger partial charge in [-0.1, -0.05) is 29.3 Å². The highest BCUT2D eigenvalue weighted by atomic mass is 79.9. The van der Waals surface area contributed by atoms with Crippen LogP contribution in [0.3, 0.4) is 0 Å². The van der Waals surface area contributed by atoms with Crippen LogP contribution in [0.25, 0.3) is 0 Å². The highest BCUT2D eigenvalue weighted by molar-refractivity contribution is 9.09. The molecule has 0 aliphatic carbocycles. The molecular weight excluding hydrogens is 420 g/mol. The average molecular weight is 447 g/mol. The summed E-state index contributed by atoms with van der Waals surface area (Å²) in [5, 5.41) is 12.3. The summed E-state index contributed by atoms with van der Waals surface area (Å²) >= 11 is 3.56. The number of fused-ring (bicyclic) bond motifs is 1. The molecule has 0 aromatic rings. The van der Waals surface area contributed by atoms with Crippen molar-refractivity contribution < 1.29 is 29.0 Å². The Morgan fingerprint density at radius 3 is 2.81 bits per heavy atom. The summed E-state index contributed by atoms with van der Waals surface area (Å²) in [5.41, 5.74) is -1.07. The number of aliphatic hydroxyl groups excluding tert-OH is 1. The zero-order chi connectivity index (χ0) is 19.8. The predicted octanol–water partition coefficient (Wildman–Crippen LogP) is 0.206. The van der Waals surface area contributed by atoms with Gasteiger partial charge in [0, 0.05) is 17.9 Å². The summed E-state index contributed by atoms with van der Waals surface area (Å²) in [6.45, 7) is 4.23. The second-order valence-electron chi connectivity index (χ2n) is 7.32. The molecule has 8 nitrogen and oxygen atoms in total. The molecule has 3 aliphatic heterocycles. The Hall–Kier alpha value is -1.19. The van der Waals surface area contributed by atoms with E-state index < -0.39 is 35.6 Å². The number of ether oxygens (including phenoxy) is 2. The molecule has 0 aromatic heterocycles. The van der Waals surface area contributed by atoms with Crippen LogP contribution in [0.5, 0.6) is 0 Å². The number of rotatable bonds is 8. The lowest BCUT2D eigenvalue weighted by Crippen LogP contribution is -2.56. The number of likely N-dealkylation sites (tertiary alicyclic amines) is 1. The summed E-state index contributed by atoms with van der Waals surface area (Å²) < 4.78 is 11.4. The second-order valence-corrected chi connectivity index (χ2v) is 8.49. The van der Waals surface area contributed by atoms with Crippen LogP contribution in [0.2, 0.25) is 0 Å². The van der Waals surface area contributed by atoms with Gasteiger partial charge >= 0.3 is 5.97 Å². The molecule has 3 fully saturated rings. The molecular formula is C18H27BrN2O6. The molecule has 2 amide bonds. The smallest absolute Gasteiger partial charge is 0.312 e. The normalized spacial score (nSPS) is 36.8. The van der Waals surface area contributed by atoms with Crippen molar-refractivity contribution in [1.82, 2.24) is 10.2 Å². The number of nitrogens with zero attached hydrogens (tertiary/aromatic N) is 1. The number of alkyl halides is 1. The van der Waals surface area contributed by atoms with E-state index in [2.05, 4.69) is 21.2 Å². The first-order valence-electron chi connectivity index (χ1n) is 9.60. The van der Waals surface area contributed by atoms with Gasteiger partial charge in [-0.2, -0.15) is 0 Å². The minimum absolute atomic E-state index is 0.0273. The number of β-amino-alcohol motifs (C(OH)–C–C–N with tert-alkyl or cyclic N) is 1. The van der Waals surface area contributed by atoms with Crippen molar-refractivity contribution in [3.63, 3.8) is 0 Å². The van der Waals surface area contributed by atoms with Crippen LogP contribution >= 0.6 is 15.9 Å². The molecule has 3 saturated heterocycles. The van der Waals surface area contributed by atoms with Gasteiger partial charge < -0.3 is 24.8 Å². The molecule has 152 valence electrons. The number of esters is 1. The van der Waals surface area contributed by atoms with Gasteiger partial charge in [0.25, 0.3) is 0 Å². The van der Waals surface area contributed by atoms with Crippen LogP contribution in [0, 0.1) is 11.8 Å². The van der Waals surface area contributed by atoms with Crippen LogP contribution in [-0.2, 0) is 23.9 Å². The third-order valence-corrected chi connectivity index (χ3v) is 6.61. The summed E-state index contributed by atoms with van der Waals surface area (Å²) in [7, 11) is 0. The fourth-order valence-corrected chi connectivity index (χ4v) is 5.71. The van der Waals surface area contributed by atoms with Crippen molar-refractivity contribution in [3.05, 3.63) is 0 Å². The molecule has 2 N–H and O–H groups in total. The topological polar surface area (TPSA) is 105 Å². The third-order valence-electron chi connectivity index (χ3n) is 5.77. The van der Waals surface area contributed by atoms with Gasteiger partial charge in [0.1, 0.15) is 11.6 Å². The van der Waals surface area contributed by atoms with Gasteiger partial charge in [0.05, 0.1) is 31.2 Å². The van der Waals surface area contributed by atoms with Crippen molar-refractivity contribution in [2.24, 2.45) is 11.8 Å². The maximum absolute atomic E-state index is 13.2. The number of amides is 2. The average Bonchev–Trinajstić information content (AvgIpc) is 3.20. The monoisotopic (exact) mass is 446 g/mol. The lowest BCUT2D eigenvalue weighted by atomic mass is 9.70. The van der Waals surface area contributed by atoms with Gasteiger partial charge in [-0.25, -0.2) is 0 Å². The van der Waals surface area contributed by atoms with E-state index >= 15 is 0 Å². The van der Waals surface area contributed by atoms with E-state index in [0.29, 0.717) is 13.0 Å². The maximum atomic E-state index is 13.2. The van der Waals surface area contributed by atoms with Crippen LogP contribution in [-0.4, -0.2) is 76.7 Å². The van der Waals surface area contributed by atoms with Gasteiger partial charge in [-0.3, -0.25) is 14.4 Å². The number of aliphatic hydroxyl groups is 1. The highest BCUT2D eigenvalue weighted by Crippen LogP contribution is 2.60. The Morgan fingerprint density at radius 2 is 2.19 bits per heavy atom. The van der Waals surface area contributed by atoms with Crippen LogP contribution in [0.4, 0.5) is 0 Å². The first-order valence-corrected chi connectivity index (χ1v) is 10.5. The predicted molar refractivity (Wildman–Crippen MR) is 99.1 cm³/mol. The van der Waals surface area contributed by atoms with Crippen LogP contribution in [0.15, 0.2) is 0 Å². The SMILES string of the molecule is CCCCNC(=O)[C@@H]1N(CCO)C(=O)[C@H]2[C@H](C(=O)OCC)[C@H]3O[C@@]12CC3Br. The molecule has 0 aromatic carbocycles. The summed E-state index contributed by atoms with van der Waals surface area (Å²) in [5.74, 6) is -2.59. The molecule has 6 atom stereocenters. The summed E-state index contributed by atoms with van der Waals surface area (Å²) in [6, 6.07) is -0.858. The van der Waals surface area contributed by atoms with Gasteiger partial charge in [0.2, 0.25) is 11.8 Å². The van der Waals surface area contributed by atoms with Crippen molar-refractivity contribution in [2.45, 2.75) is 55.7 Å². The highest BCUT2D eigenvalue weighted by Gasteiger charge is 2.76. The zero-order valence-electron chi connectivity index (χ0n) is 15.7. The quantitative estimate of drug-likeness (QED) is 0.313. The Morgan fingerprint density at radius 1 is 1.44 bits per heavy atom. The third kappa shape index (κ3) is 3.17. The van der Waals surface area contributed by atoms with Crippen molar-refractivity contribution in [2.75, 3.05) is 26.3 Å². The van der Waals surface area contributed by atoms with Gasteiger partial charge in [0.15, 0.2) is 0 Å². The molecule has 9 heteroatoms. The Kier molecular flexibility index (Phi) is 6.12. The number of nitrogens with one attached hydrogen (secondary N) is 1. The number of carbonyl (C=O) groups is 3. The number of carbonyl (C=O) groups excluding carboxylic acids is 3. The Labute approximate surface area is 167 Å². The first-order chi connectivity index (χ1) is 12.9. The Balaban J connectivity index is 1.95. The first kappa shape index (κ1) is 20.5.